The standard InChI is InChI=1S/C9H12BrF3N3S.C6H10BrClO/c1-8(2,3)5(10)4-14-7-16-15-6(17-7)9(11,12)13;1-6(2,3)4(7)5(8)9/h5H,4H2,1-3H3;4H,1-3H3/q-1;. The zero-order chi connectivity index (χ0) is 20.9. The van der Waals surface area contributed by atoms with Crippen molar-refractivity contribution in [2.75, 3.05) is 6.54 Å². The fraction of sp³-hybridized carbons (Fsp3) is 0.800. The van der Waals surface area contributed by atoms with Gasteiger partial charge >= 0.3 is 6.18 Å². The van der Waals surface area contributed by atoms with Gasteiger partial charge in [-0.1, -0.05) is 73.4 Å². The van der Waals surface area contributed by atoms with Crippen molar-refractivity contribution in [3.05, 3.63) is 10.3 Å². The summed E-state index contributed by atoms with van der Waals surface area (Å²) in [6, 6.07) is 0. The molecule has 0 aliphatic carbocycles. The lowest BCUT2D eigenvalue weighted by Gasteiger charge is -2.27. The lowest BCUT2D eigenvalue weighted by molar-refractivity contribution is -0.138. The zero-order valence-corrected chi connectivity index (χ0v) is 20.0. The molecule has 0 amide bonds. The highest BCUT2D eigenvalue weighted by Crippen LogP contribution is 2.36. The third-order valence-electron chi connectivity index (χ3n) is 2.94. The van der Waals surface area contributed by atoms with Gasteiger partial charge in [-0.15, -0.1) is 11.3 Å². The van der Waals surface area contributed by atoms with E-state index in [1.165, 1.54) is 0 Å². The number of carbonyl (C=O) groups excluding carboxylic acids is 1. The molecule has 0 spiro atoms. The van der Waals surface area contributed by atoms with Crippen LogP contribution in [0.5, 0.6) is 0 Å². The Kier molecular flexibility index (Phi) is 10.0. The summed E-state index contributed by atoms with van der Waals surface area (Å²) in [5, 5.41) is 9.23. The van der Waals surface area contributed by atoms with Crippen LogP contribution < -0.4 is 0 Å². The average molecular weight is 545 g/mol. The second-order valence-electron chi connectivity index (χ2n) is 7.59. The molecular weight excluding hydrogens is 523 g/mol. The van der Waals surface area contributed by atoms with Gasteiger partial charge in [0.25, 0.3) is 0 Å². The minimum atomic E-state index is -4.44. The smallest absolute Gasteiger partial charge is 0.443 e. The number of nitrogens with zero attached hydrogens (tertiary/aromatic N) is 3. The summed E-state index contributed by atoms with van der Waals surface area (Å²) in [6.45, 7) is 12.3. The van der Waals surface area contributed by atoms with E-state index in [0.717, 1.165) is 0 Å². The van der Waals surface area contributed by atoms with E-state index in [1.807, 2.05) is 41.5 Å². The fourth-order valence-corrected chi connectivity index (χ4v) is 2.23. The van der Waals surface area contributed by atoms with Crippen LogP contribution in [-0.2, 0) is 11.0 Å². The Balaban J connectivity index is 0.000000590. The average Bonchev–Trinajstić information content (AvgIpc) is 2.91. The number of hydrogen-bond acceptors (Lipinski definition) is 4. The summed E-state index contributed by atoms with van der Waals surface area (Å²) in [4.78, 5) is 10.3. The first-order valence-corrected chi connectivity index (χ1v) is 10.5. The number of carbonyl (C=O) groups is 1. The molecule has 0 saturated carbocycles. The van der Waals surface area contributed by atoms with Crippen LogP contribution in [0.15, 0.2) is 0 Å². The van der Waals surface area contributed by atoms with Gasteiger partial charge in [-0.05, 0) is 29.0 Å². The number of hydrogen-bond donors (Lipinski definition) is 0. The zero-order valence-electron chi connectivity index (χ0n) is 15.3. The minimum absolute atomic E-state index is 0.0129. The third kappa shape index (κ3) is 9.85. The van der Waals surface area contributed by atoms with E-state index in [9.17, 15) is 18.0 Å². The van der Waals surface area contributed by atoms with Gasteiger partial charge in [0.15, 0.2) is 5.01 Å². The van der Waals surface area contributed by atoms with E-state index >= 15 is 0 Å². The van der Waals surface area contributed by atoms with Gasteiger partial charge in [-0.2, -0.15) is 13.2 Å². The topological polar surface area (TPSA) is 57.0 Å². The van der Waals surface area contributed by atoms with Crippen LogP contribution in [0.25, 0.3) is 5.32 Å². The van der Waals surface area contributed by atoms with Crippen LogP contribution in [0.4, 0.5) is 18.3 Å². The number of halogens is 6. The van der Waals surface area contributed by atoms with E-state index in [4.69, 9.17) is 11.6 Å². The molecule has 0 fully saturated rings. The molecule has 152 valence electrons. The van der Waals surface area contributed by atoms with Gasteiger partial charge in [0.05, 0.1) is 4.83 Å². The Morgan fingerprint density at radius 3 is 1.88 bits per heavy atom. The molecule has 1 heterocycles. The minimum Gasteiger partial charge on any atom is -0.455 e. The molecule has 2 atom stereocenters. The van der Waals surface area contributed by atoms with E-state index in [2.05, 4.69) is 47.4 Å². The predicted octanol–water partition coefficient (Wildman–Crippen LogP) is 6.93. The van der Waals surface area contributed by atoms with Crippen molar-refractivity contribution in [2.45, 2.75) is 57.4 Å². The maximum atomic E-state index is 12.2. The first kappa shape index (κ1) is 26.1. The van der Waals surface area contributed by atoms with Gasteiger partial charge in [-0.3, -0.25) is 4.79 Å². The second-order valence-corrected chi connectivity index (χ2v) is 10.9. The molecule has 1 aromatic rings. The number of alkyl halides is 5. The molecule has 0 aliphatic heterocycles. The molecule has 0 radical (unpaired) electrons. The van der Waals surface area contributed by atoms with E-state index < -0.39 is 11.2 Å². The molecule has 0 aromatic carbocycles. The van der Waals surface area contributed by atoms with Crippen molar-refractivity contribution >= 4 is 65.2 Å². The highest BCUT2D eigenvalue weighted by molar-refractivity contribution is 9.10. The highest BCUT2D eigenvalue weighted by Gasteiger charge is 2.33. The van der Waals surface area contributed by atoms with Gasteiger partial charge in [0.1, 0.15) is 0 Å². The summed E-state index contributed by atoms with van der Waals surface area (Å²) < 4.78 is 36.7. The van der Waals surface area contributed by atoms with Crippen LogP contribution in [0.1, 0.15) is 46.6 Å². The normalized spacial score (nSPS) is 14.9. The summed E-state index contributed by atoms with van der Waals surface area (Å²) in [5.41, 5.74) is -0.0973. The maximum absolute atomic E-state index is 12.2. The molecule has 11 heteroatoms. The van der Waals surface area contributed by atoms with Crippen LogP contribution in [0, 0.1) is 10.8 Å². The Morgan fingerprint density at radius 2 is 1.62 bits per heavy atom. The molecule has 0 N–H and O–H groups in total. The number of aromatic nitrogens is 2. The maximum Gasteiger partial charge on any atom is 0.443 e. The second kappa shape index (κ2) is 10.0. The lowest BCUT2D eigenvalue weighted by Crippen LogP contribution is -2.25. The quantitative estimate of drug-likeness (QED) is 0.305. The summed E-state index contributed by atoms with van der Waals surface area (Å²) in [5.74, 6) is 0. The van der Waals surface area contributed by atoms with Crippen molar-refractivity contribution in [1.29, 1.82) is 0 Å². The van der Waals surface area contributed by atoms with Gasteiger partial charge in [-0.25, -0.2) is 5.10 Å². The van der Waals surface area contributed by atoms with Gasteiger partial charge in [0, 0.05) is 9.96 Å². The molecule has 4 nitrogen and oxygen atoms in total. The highest BCUT2D eigenvalue weighted by atomic mass is 79.9. The lowest BCUT2D eigenvalue weighted by atomic mass is 9.92. The van der Waals surface area contributed by atoms with E-state index in [-0.39, 0.29) is 30.9 Å². The molecular formula is C15H22Br2ClF3N3OS-. The first-order valence-electron chi connectivity index (χ1n) is 7.52. The molecule has 2 unspecified atom stereocenters. The molecule has 0 saturated heterocycles. The van der Waals surface area contributed by atoms with Gasteiger partial charge < -0.3 is 10.4 Å². The van der Waals surface area contributed by atoms with Gasteiger partial charge in [0.2, 0.25) is 5.24 Å². The molecule has 1 rings (SSSR count). The van der Waals surface area contributed by atoms with E-state index in [0.29, 0.717) is 17.9 Å². The van der Waals surface area contributed by atoms with Crippen LogP contribution in [0.3, 0.4) is 0 Å². The van der Waals surface area contributed by atoms with E-state index in [1.54, 1.807) is 0 Å². The van der Waals surface area contributed by atoms with Crippen LogP contribution in [-0.4, -0.2) is 31.6 Å². The van der Waals surface area contributed by atoms with Crippen LogP contribution in [0.2, 0.25) is 0 Å². The molecule has 0 aliphatic rings. The van der Waals surface area contributed by atoms with Crippen molar-refractivity contribution in [3.63, 3.8) is 0 Å². The first-order chi connectivity index (χ1) is 11.5. The Morgan fingerprint density at radius 1 is 1.12 bits per heavy atom. The molecule has 1 aromatic heterocycles. The monoisotopic (exact) mass is 542 g/mol. The molecule has 26 heavy (non-hydrogen) atoms. The SMILES string of the molecule is CC(C)(C)C(Br)C(=O)Cl.CC(C)(C)C(Br)C[N-]c1nnc(C(F)(F)F)s1. The number of rotatable bonds is 4. The van der Waals surface area contributed by atoms with Crippen molar-refractivity contribution in [1.82, 2.24) is 10.2 Å². The Hall–Kier alpha value is 0.0700. The van der Waals surface area contributed by atoms with Crippen molar-refractivity contribution in [3.8, 4) is 0 Å². The van der Waals surface area contributed by atoms with Crippen molar-refractivity contribution < 1.29 is 18.0 Å². The van der Waals surface area contributed by atoms with Crippen LogP contribution >= 0.6 is 54.8 Å². The Bertz CT molecular complexity index is 586. The molecule has 0 bridgehead atoms. The summed E-state index contributed by atoms with van der Waals surface area (Å²) >= 11 is 12.3. The largest absolute Gasteiger partial charge is 0.455 e. The third-order valence-corrected chi connectivity index (χ3v) is 7.78. The van der Waals surface area contributed by atoms with Crippen molar-refractivity contribution in [2.24, 2.45) is 10.8 Å². The summed E-state index contributed by atoms with van der Waals surface area (Å²) in [7, 11) is 0. The Labute approximate surface area is 177 Å². The summed E-state index contributed by atoms with van der Waals surface area (Å²) in [6.07, 6.45) is -4.44. The predicted molar refractivity (Wildman–Crippen MR) is 108 cm³/mol. The fourth-order valence-electron chi connectivity index (χ4n) is 1.17.